The average molecular weight is 213 g/mol. The summed E-state index contributed by atoms with van der Waals surface area (Å²) < 4.78 is 10.2. The Labute approximate surface area is 85.8 Å². The maximum absolute atomic E-state index is 11.1. The largest absolute Gasteiger partial charge is 0.478 e. The third-order valence-corrected chi connectivity index (χ3v) is 2.84. The molecule has 1 saturated heterocycles. The highest BCUT2D eigenvalue weighted by Crippen LogP contribution is 2.25. The van der Waals surface area contributed by atoms with Crippen molar-refractivity contribution in [2.45, 2.75) is 6.10 Å². The van der Waals surface area contributed by atoms with E-state index in [2.05, 4.69) is 10.1 Å². The summed E-state index contributed by atoms with van der Waals surface area (Å²) in [7, 11) is 1.37. The van der Waals surface area contributed by atoms with Gasteiger partial charge in [-0.05, 0) is 0 Å². The molecule has 1 fully saturated rings. The van der Waals surface area contributed by atoms with Gasteiger partial charge >= 0.3 is 5.97 Å². The lowest BCUT2D eigenvalue weighted by molar-refractivity contribution is 0.0600. The predicted octanol–water partition coefficient (Wildman–Crippen LogP) is 0.885. The Morgan fingerprint density at radius 3 is 3.00 bits per heavy atom. The molecule has 0 radical (unpaired) electrons. The number of carbonyl (C=O) groups excluding carboxylic acids is 1. The van der Waals surface area contributed by atoms with E-state index in [0.29, 0.717) is 5.56 Å². The number of methoxy groups -OCH3 is 1. The van der Waals surface area contributed by atoms with E-state index in [1.54, 1.807) is 11.4 Å². The minimum absolute atomic E-state index is 0.249. The molecule has 5 heteroatoms. The maximum Gasteiger partial charge on any atom is 0.338 e. The summed E-state index contributed by atoms with van der Waals surface area (Å²) in [6.45, 7) is 1.76. The van der Waals surface area contributed by atoms with Crippen LogP contribution in [0.2, 0.25) is 0 Å². The van der Waals surface area contributed by atoms with E-state index in [-0.39, 0.29) is 12.1 Å². The number of thiophene rings is 1. The number of hydrogen-bond donors (Lipinski definition) is 1. The fourth-order valence-electron chi connectivity index (χ4n) is 1.11. The molecule has 0 unspecified atom stereocenters. The predicted molar refractivity (Wildman–Crippen MR) is 52.9 cm³/mol. The molecule has 0 spiro atoms. The van der Waals surface area contributed by atoms with Crippen molar-refractivity contribution < 1.29 is 14.3 Å². The molecule has 0 atom stereocenters. The van der Waals surface area contributed by atoms with Gasteiger partial charge in [-0.25, -0.2) is 4.79 Å². The van der Waals surface area contributed by atoms with Gasteiger partial charge in [-0.1, -0.05) is 0 Å². The summed E-state index contributed by atoms with van der Waals surface area (Å²) in [5, 5.41) is 5.63. The maximum atomic E-state index is 11.1. The Morgan fingerprint density at radius 1 is 1.64 bits per heavy atom. The van der Waals surface area contributed by atoms with Crippen LogP contribution in [-0.2, 0) is 4.74 Å². The van der Waals surface area contributed by atoms with Crippen molar-refractivity contribution in [3.05, 3.63) is 17.0 Å². The summed E-state index contributed by atoms with van der Waals surface area (Å²) in [6, 6.07) is 1.72. The molecule has 1 aromatic heterocycles. The van der Waals surface area contributed by atoms with Crippen LogP contribution in [0.1, 0.15) is 10.4 Å². The SMILES string of the molecule is COC(=O)c1csc(OC2CNC2)c1. The van der Waals surface area contributed by atoms with Crippen LogP contribution in [0.15, 0.2) is 11.4 Å². The second kappa shape index (κ2) is 3.98. The first-order valence-electron chi connectivity index (χ1n) is 4.34. The number of hydrogen-bond acceptors (Lipinski definition) is 5. The van der Waals surface area contributed by atoms with Crippen molar-refractivity contribution in [3.8, 4) is 5.06 Å². The van der Waals surface area contributed by atoms with Gasteiger partial charge in [0, 0.05) is 24.5 Å². The molecular weight excluding hydrogens is 202 g/mol. The fraction of sp³-hybridized carbons (Fsp3) is 0.444. The lowest BCUT2D eigenvalue weighted by Crippen LogP contribution is -2.50. The standard InChI is InChI=1S/C9H11NO3S/c1-12-9(11)6-2-8(14-5-6)13-7-3-10-4-7/h2,5,7,10H,3-4H2,1H3. The third-order valence-electron chi connectivity index (χ3n) is 2.02. The molecule has 0 saturated carbocycles. The van der Waals surface area contributed by atoms with Crippen LogP contribution >= 0.6 is 11.3 Å². The van der Waals surface area contributed by atoms with E-state index >= 15 is 0 Å². The van der Waals surface area contributed by atoms with Crippen molar-refractivity contribution in [1.82, 2.24) is 5.32 Å². The van der Waals surface area contributed by atoms with Crippen molar-refractivity contribution in [2.24, 2.45) is 0 Å². The van der Waals surface area contributed by atoms with Gasteiger partial charge in [0.25, 0.3) is 0 Å². The van der Waals surface area contributed by atoms with Gasteiger partial charge in [0.2, 0.25) is 0 Å². The van der Waals surface area contributed by atoms with Crippen LogP contribution in [0.5, 0.6) is 5.06 Å². The molecule has 76 valence electrons. The molecule has 0 aromatic carbocycles. The number of ether oxygens (including phenoxy) is 2. The van der Waals surface area contributed by atoms with Crippen LogP contribution in [0.3, 0.4) is 0 Å². The van der Waals surface area contributed by atoms with E-state index in [1.165, 1.54) is 18.4 Å². The quantitative estimate of drug-likeness (QED) is 0.757. The zero-order valence-electron chi connectivity index (χ0n) is 7.78. The van der Waals surface area contributed by atoms with Gasteiger partial charge in [0.15, 0.2) is 5.06 Å². The number of nitrogens with one attached hydrogen (secondary N) is 1. The highest BCUT2D eigenvalue weighted by atomic mass is 32.1. The normalized spacial score (nSPS) is 16.1. The summed E-state index contributed by atoms with van der Waals surface area (Å²) in [5.41, 5.74) is 0.555. The van der Waals surface area contributed by atoms with Gasteiger partial charge in [0.1, 0.15) is 6.10 Å². The molecule has 1 aromatic rings. The lowest BCUT2D eigenvalue weighted by atomic mass is 10.2. The zero-order valence-corrected chi connectivity index (χ0v) is 8.60. The van der Waals surface area contributed by atoms with Gasteiger partial charge < -0.3 is 14.8 Å². The summed E-state index contributed by atoms with van der Waals surface area (Å²) in [5.74, 6) is -0.317. The number of rotatable bonds is 3. The van der Waals surface area contributed by atoms with Crippen LogP contribution in [0, 0.1) is 0 Å². The van der Waals surface area contributed by atoms with Crippen LogP contribution < -0.4 is 10.1 Å². The Kier molecular flexibility index (Phi) is 2.69. The Balaban J connectivity index is 1.98. The monoisotopic (exact) mass is 213 g/mol. The topological polar surface area (TPSA) is 47.6 Å². The molecular formula is C9H11NO3S. The lowest BCUT2D eigenvalue weighted by Gasteiger charge is -2.26. The van der Waals surface area contributed by atoms with Crippen LogP contribution in [-0.4, -0.2) is 32.3 Å². The summed E-state index contributed by atoms with van der Waals surface area (Å²) >= 11 is 1.42. The summed E-state index contributed by atoms with van der Waals surface area (Å²) in [6.07, 6.45) is 0.249. The molecule has 0 aliphatic carbocycles. The van der Waals surface area contributed by atoms with E-state index in [1.807, 2.05) is 0 Å². The van der Waals surface area contributed by atoms with E-state index in [0.717, 1.165) is 18.2 Å². The Morgan fingerprint density at radius 2 is 2.43 bits per heavy atom. The molecule has 2 rings (SSSR count). The first-order valence-corrected chi connectivity index (χ1v) is 5.22. The highest BCUT2D eigenvalue weighted by Gasteiger charge is 2.19. The fourth-order valence-corrected chi connectivity index (χ4v) is 1.91. The van der Waals surface area contributed by atoms with Gasteiger partial charge in [-0.3, -0.25) is 0 Å². The Bertz CT molecular complexity index is 333. The first-order chi connectivity index (χ1) is 6.79. The molecule has 1 aliphatic rings. The van der Waals surface area contributed by atoms with Crippen molar-refractivity contribution >= 4 is 17.3 Å². The van der Waals surface area contributed by atoms with Crippen molar-refractivity contribution in [2.75, 3.05) is 20.2 Å². The molecule has 0 bridgehead atoms. The molecule has 1 aliphatic heterocycles. The zero-order chi connectivity index (χ0) is 9.97. The summed E-state index contributed by atoms with van der Waals surface area (Å²) in [4.78, 5) is 11.1. The minimum atomic E-state index is -0.317. The Hall–Kier alpha value is -1.07. The molecule has 14 heavy (non-hydrogen) atoms. The average Bonchev–Trinajstić information content (AvgIpc) is 2.58. The van der Waals surface area contributed by atoms with Gasteiger partial charge in [-0.2, -0.15) is 0 Å². The second-order valence-corrected chi connectivity index (χ2v) is 3.92. The number of carbonyl (C=O) groups is 1. The van der Waals surface area contributed by atoms with E-state index in [4.69, 9.17) is 4.74 Å². The third kappa shape index (κ3) is 1.88. The highest BCUT2D eigenvalue weighted by molar-refractivity contribution is 7.12. The second-order valence-electron chi connectivity index (χ2n) is 3.04. The first kappa shape index (κ1) is 9.48. The number of esters is 1. The molecule has 2 heterocycles. The smallest absolute Gasteiger partial charge is 0.338 e. The van der Waals surface area contributed by atoms with Crippen molar-refractivity contribution in [3.63, 3.8) is 0 Å². The molecule has 1 N–H and O–H groups in total. The van der Waals surface area contributed by atoms with Gasteiger partial charge in [-0.15, -0.1) is 11.3 Å². The van der Waals surface area contributed by atoms with Crippen molar-refractivity contribution in [1.29, 1.82) is 0 Å². The van der Waals surface area contributed by atoms with Gasteiger partial charge in [0.05, 0.1) is 12.7 Å². The van der Waals surface area contributed by atoms with E-state index < -0.39 is 0 Å². The minimum Gasteiger partial charge on any atom is -0.478 e. The van der Waals surface area contributed by atoms with Crippen LogP contribution in [0.25, 0.3) is 0 Å². The molecule has 4 nitrogen and oxygen atoms in total. The van der Waals surface area contributed by atoms with E-state index in [9.17, 15) is 4.79 Å². The van der Waals surface area contributed by atoms with Crippen LogP contribution in [0.4, 0.5) is 0 Å². The molecule has 0 amide bonds.